The van der Waals surface area contributed by atoms with Gasteiger partial charge in [0.1, 0.15) is 5.82 Å². The highest BCUT2D eigenvalue weighted by atomic mass is 32.2. The van der Waals surface area contributed by atoms with Gasteiger partial charge < -0.3 is 4.57 Å². The molecule has 22 heavy (non-hydrogen) atoms. The Morgan fingerprint density at radius 2 is 1.82 bits per heavy atom. The zero-order valence-electron chi connectivity index (χ0n) is 12.8. The summed E-state index contributed by atoms with van der Waals surface area (Å²) >= 11 is 0. The Hall–Kier alpha value is -1.44. The first-order valence-corrected chi connectivity index (χ1v) is 9.17. The average molecular weight is 322 g/mol. The van der Waals surface area contributed by atoms with E-state index in [1.165, 1.54) is 0 Å². The molecular weight excluding hydrogens is 300 g/mol. The number of imidazole rings is 1. The number of fused-ring (bicyclic) bond motifs is 1. The average Bonchev–Trinajstić information content (AvgIpc) is 2.71. The largest absolute Gasteiger partial charge is 0.330 e. The van der Waals surface area contributed by atoms with Crippen molar-refractivity contribution in [1.29, 1.82) is 0 Å². The van der Waals surface area contributed by atoms with Crippen LogP contribution in [0.25, 0.3) is 11.0 Å². The number of para-hydroxylation sites is 2. The maximum absolute atomic E-state index is 12.4. The number of hydrogen-bond donors (Lipinski definition) is 1. The molecule has 120 valence electrons. The fraction of sp³-hybridized carbons (Fsp3) is 0.533. The molecule has 1 aromatic heterocycles. The first-order valence-electron chi connectivity index (χ1n) is 7.73. The van der Waals surface area contributed by atoms with Gasteiger partial charge in [-0.25, -0.2) is 4.98 Å². The van der Waals surface area contributed by atoms with Crippen LogP contribution in [-0.2, 0) is 23.8 Å². The van der Waals surface area contributed by atoms with Crippen LogP contribution in [0.15, 0.2) is 24.3 Å². The molecule has 1 aliphatic rings. The van der Waals surface area contributed by atoms with Crippen LogP contribution in [0.2, 0.25) is 0 Å². The molecule has 1 aliphatic heterocycles. The van der Waals surface area contributed by atoms with Gasteiger partial charge in [-0.3, -0.25) is 0 Å². The summed E-state index contributed by atoms with van der Waals surface area (Å²) in [5.74, 6) is 0.722. The van der Waals surface area contributed by atoms with E-state index in [0.717, 1.165) is 42.5 Å². The zero-order chi connectivity index (χ0) is 15.6. The lowest BCUT2D eigenvalue weighted by Gasteiger charge is -2.20. The molecule has 0 atom stereocenters. The lowest BCUT2D eigenvalue weighted by Crippen LogP contribution is -2.41. The number of nitrogens with one attached hydrogen (secondary N) is 1. The summed E-state index contributed by atoms with van der Waals surface area (Å²) in [6, 6.07) is 7.80. The lowest BCUT2D eigenvalue weighted by atomic mass is 10.2. The number of hydrogen-bond acceptors (Lipinski definition) is 3. The number of aryl methyl sites for hydroxylation is 1. The molecule has 6 nitrogen and oxygen atoms in total. The minimum atomic E-state index is -3.43. The molecule has 0 bridgehead atoms. The highest BCUT2D eigenvalue weighted by Gasteiger charge is 2.23. The van der Waals surface area contributed by atoms with E-state index in [9.17, 15) is 8.42 Å². The first-order chi connectivity index (χ1) is 10.6. The van der Waals surface area contributed by atoms with Crippen LogP contribution < -0.4 is 4.72 Å². The molecule has 2 aromatic rings. The Kier molecular flexibility index (Phi) is 4.46. The predicted molar refractivity (Wildman–Crippen MR) is 86.5 cm³/mol. The lowest BCUT2D eigenvalue weighted by molar-refractivity contribution is 0.414. The Morgan fingerprint density at radius 3 is 2.50 bits per heavy atom. The Bertz CT molecular complexity index is 746. The summed E-state index contributed by atoms with van der Waals surface area (Å²) in [5, 5.41) is 0. The van der Waals surface area contributed by atoms with Crippen molar-refractivity contribution in [2.75, 3.05) is 13.1 Å². The second-order valence-corrected chi connectivity index (χ2v) is 7.47. The molecule has 1 saturated heterocycles. The van der Waals surface area contributed by atoms with Crippen molar-refractivity contribution in [3.63, 3.8) is 0 Å². The van der Waals surface area contributed by atoms with Gasteiger partial charge in [-0.1, -0.05) is 25.0 Å². The van der Waals surface area contributed by atoms with Crippen molar-refractivity contribution in [3.05, 3.63) is 30.1 Å². The number of aromatic nitrogens is 2. The summed E-state index contributed by atoms with van der Waals surface area (Å²) < 4.78 is 31.0. The summed E-state index contributed by atoms with van der Waals surface area (Å²) in [5.41, 5.74) is 1.89. The van der Waals surface area contributed by atoms with Crippen molar-refractivity contribution in [2.24, 2.45) is 7.05 Å². The van der Waals surface area contributed by atoms with E-state index in [0.29, 0.717) is 13.1 Å². The van der Waals surface area contributed by atoms with E-state index in [2.05, 4.69) is 9.71 Å². The molecule has 1 fully saturated rings. The van der Waals surface area contributed by atoms with Crippen molar-refractivity contribution in [2.45, 2.75) is 32.2 Å². The van der Waals surface area contributed by atoms with Gasteiger partial charge in [0.25, 0.3) is 10.2 Å². The second kappa shape index (κ2) is 6.36. The summed E-state index contributed by atoms with van der Waals surface area (Å²) in [4.78, 5) is 4.50. The van der Waals surface area contributed by atoms with Crippen LogP contribution in [0, 0.1) is 0 Å². The van der Waals surface area contributed by atoms with E-state index < -0.39 is 10.2 Å². The zero-order valence-corrected chi connectivity index (χ0v) is 13.6. The SMILES string of the molecule is Cn1c(CNS(=O)(=O)N2CCCCCC2)nc2ccccc21. The van der Waals surface area contributed by atoms with Crippen LogP contribution in [0.5, 0.6) is 0 Å². The molecule has 3 rings (SSSR count). The van der Waals surface area contributed by atoms with E-state index >= 15 is 0 Å². The minimum absolute atomic E-state index is 0.212. The Labute approximate surface area is 131 Å². The van der Waals surface area contributed by atoms with E-state index in [1.807, 2.05) is 35.9 Å². The van der Waals surface area contributed by atoms with Crippen LogP contribution >= 0.6 is 0 Å². The van der Waals surface area contributed by atoms with Gasteiger partial charge in [0.2, 0.25) is 0 Å². The molecule has 0 aliphatic carbocycles. The van der Waals surface area contributed by atoms with Crippen molar-refractivity contribution < 1.29 is 8.42 Å². The summed E-state index contributed by atoms with van der Waals surface area (Å²) in [7, 11) is -1.52. The van der Waals surface area contributed by atoms with Crippen LogP contribution in [0.1, 0.15) is 31.5 Å². The number of nitrogens with zero attached hydrogens (tertiary/aromatic N) is 3. The predicted octanol–water partition coefficient (Wildman–Crippen LogP) is 1.78. The first kappa shape index (κ1) is 15.5. The standard InChI is InChI=1S/C15H22N4O2S/c1-18-14-9-5-4-8-13(14)17-15(18)12-16-22(20,21)19-10-6-2-3-7-11-19/h4-5,8-9,16H,2-3,6-7,10-12H2,1H3. The van der Waals surface area contributed by atoms with Gasteiger partial charge >= 0.3 is 0 Å². The number of rotatable bonds is 4. The monoisotopic (exact) mass is 322 g/mol. The van der Waals surface area contributed by atoms with Crippen LogP contribution in [0.4, 0.5) is 0 Å². The van der Waals surface area contributed by atoms with Gasteiger partial charge in [0.05, 0.1) is 17.6 Å². The molecule has 0 unspecified atom stereocenters. The molecule has 7 heteroatoms. The molecule has 0 spiro atoms. The number of benzene rings is 1. The van der Waals surface area contributed by atoms with Crippen molar-refractivity contribution >= 4 is 21.2 Å². The van der Waals surface area contributed by atoms with E-state index in [-0.39, 0.29) is 6.54 Å². The third-order valence-electron chi connectivity index (χ3n) is 4.20. The van der Waals surface area contributed by atoms with Gasteiger partial charge in [-0.2, -0.15) is 17.4 Å². The molecule has 1 N–H and O–H groups in total. The Morgan fingerprint density at radius 1 is 1.14 bits per heavy atom. The van der Waals surface area contributed by atoms with Gasteiger partial charge in [0.15, 0.2) is 0 Å². The van der Waals surface area contributed by atoms with Crippen LogP contribution in [0.3, 0.4) is 0 Å². The summed E-state index contributed by atoms with van der Waals surface area (Å²) in [6.45, 7) is 1.43. The molecule has 0 radical (unpaired) electrons. The van der Waals surface area contributed by atoms with Crippen molar-refractivity contribution in [1.82, 2.24) is 18.6 Å². The third-order valence-corrected chi connectivity index (χ3v) is 5.75. The van der Waals surface area contributed by atoms with Gasteiger partial charge in [-0.05, 0) is 25.0 Å². The quantitative estimate of drug-likeness (QED) is 0.933. The van der Waals surface area contributed by atoms with Crippen LogP contribution in [-0.4, -0.2) is 35.4 Å². The molecule has 2 heterocycles. The van der Waals surface area contributed by atoms with Crippen molar-refractivity contribution in [3.8, 4) is 0 Å². The van der Waals surface area contributed by atoms with Gasteiger partial charge in [-0.15, -0.1) is 0 Å². The van der Waals surface area contributed by atoms with E-state index in [4.69, 9.17) is 0 Å². The maximum Gasteiger partial charge on any atom is 0.279 e. The van der Waals surface area contributed by atoms with E-state index in [1.54, 1.807) is 4.31 Å². The topological polar surface area (TPSA) is 67.2 Å². The molecule has 0 amide bonds. The fourth-order valence-corrected chi connectivity index (χ4v) is 4.12. The maximum atomic E-state index is 12.4. The molecule has 0 saturated carbocycles. The smallest absolute Gasteiger partial charge is 0.279 e. The molecule has 1 aromatic carbocycles. The minimum Gasteiger partial charge on any atom is -0.330 e. The Balaban J connectivity index is 1.73. The second-order valence-electron chi connectivity index (χ2n) is 5.72. The third kappa shape index (κ3) is 3.16. The molecular formula is C15H22N4O2S. The highest BCUT2D eigenvalue weighted by Crippen LogP contribution is 2.15. The fourth-order valence-electron chi connectivity index (χ4n) is 2.88. The van der Waals surface area contributed by atoms with Gasteiger partial charge in [0, 0.05) is 20.1 Å². The summed E-state index contributed by atoms with van der Waals surface area (Å²) in [6.07, 6.45) is 4.09. The highest BCUT2D eigenvalue weighted by molar-refractivity contribution is 7.87. The normalized spacial score (nSPS) is 17.7.